The number of carbonyl (C=O) groups is 1. The van der Waals surface area contributed by atoms with Gasteiger partial charge in [0.05, 0.1) is 5.75 Å². The van der Waals surface area contributed by atoms with E-state index in [-0.39, 0.29) is 17.5 Å². The van der Waals surface area contributed by atoms with Gasteiger partial charge >= 0.3 is 0 Å². The van der Waals surface area contributed by atoms with Crippen LogP contribution < -0.4 is 5.32 Å². The summed E-state index contributed by atoms with van der Waals surface area (Å²) >= 11 is 1.32. The Labute approximate surface area is 166 Å². The third kappa shape index (κ3) is 5.26. The molecule has 0 aliphatic rings. The van der Waals surface area contributed by atoms with Crippen molar-refractivity contribution in [3.8, 4) is 11.4 Å². The van der Waals surface area contributed by atoms with Gasteiger partial charge in [0.1, 0.15) is 5.82 Å². The van der Waals surface area contributed by atoms with Crippen molar-refractivity contribution in [1.82, 2.24) is 25.1 Å². The van der Waals surface area contributed by atoms with Crippen LogP contribution in [0.25, 0.3) is 11.4 Å². The maximum atomic E-state index is 12.9. The minimum absolute atomic E-state index is 0.0919. The van der Waals surface area contributed by atoms with Gasteiger partial charge in [-0.1, -0.05) is 30.0 Å². The first-order valence-electron chi connectivity index (χ1n) is 8.76. The summed E-state index contributed by atoms with van der Waals surface area (Å²) in [6.45, 7) is 4.81. The van der Waals surface area contributed by atoms with Crippen molar-refractivity contribution in [3.05, 3.63) is 72.8 Å². The van der Waals surface area contributed by atoms with Crippen molar-refractivity contribution >= 4 is 17.7 Å². The fourth-order valence-corrected chi connectivity index (χ4v) is 3.36. The molecule has 3 aromatic rings. The molecule has 0 unspecified atom stereocenters. The van der Waals surface area contributed by atoms with E-state index in [1.165, 1.54) is 23.9 Å². The van der Waals surface area contributed by atoms with Crippen LogP contribution in [-0.4, -0.2) is 38.0 Å². The van der Waals surface area contributed by atoms with Crippen LogP contribution in [0.15, 0.2) is 66.6 Å². The number of aromatic nitrogens is 4. The zero-order chi connectivity index (χ0) is 19.8. The molecule has 3 rings (SSSR count). The first-order chi connectivity index (χ1) is 13.7. The summed E-state index contributed by atoms with van der Waals surface area (Å²) in [6.07, 6.45) is 5.81. The quantitative estimate of drug-likeness (QED) is 0.444. The summed E-state index contributed by atoms with van der Waals surface area (Å²) in [5.41, 5.74) is 1.88. The third-order valence-electron chi connectivity index (χ3n) is 3.95. The SMILES string of the molecule is C=CCn1c(SCC(=O)NCCc2ccc(F)cc2)nnc1-c1ccncc1. The Morgan fingerprint density at radius 3 is 2.64 bits per heavy atom. The van der Waals surface area contributed by atoms with E-state index in [9.17, 15) is 9.18 Å². The van der Waals surface area contributed by atoms with Crippen LogP contribution in [0.4, 0.5) is 4.39 Å². The second-order valence-electron chi connectivity index (χ2n) is 5.96. The summed E-state index contributed by atoms with van der Waals surface area (Å²) < 4.78 is 14.8. The van der Waals surface area contributed by atoms with E-state index in [0.29, 0.717) is 30.5 Å². The number of hydrogen-bond donors (Lipinski definition) is 1. The molecule has 0 bridgehead atoms. The highest BCUT2D eigenvalue weighted by Gasteiger charge is 2.14. The molecule has 0 aliphatic carbocycles. The van der Waals surface area contributed by atoms with Crippen LogP contribution in [-0.2, 0) is 17.8 Å². The van der Waals surface area contributed by atoms with E-state index in [1.807, 2.05) is 16.7 Å². The van der Waals surface area contributed by atoms with Crippen LogP contribution in [0.3, 0.4) is 0 Å². The first-order valence-corrected chi connectivity index (χ1v) is 9.74. The third-order valence-corrected chi connectivity index (χ3v) is 4.92. The zero-order valence-corrected chi connectivity index (χ0v) is 16.0. The molecule has 1 aromatic carbocycles. The van der Waals surface area contributed by atoms with Crippen molar-refractivity contribution in [3.63, 3.8) is 0 Å². The molecule has 144 valence electrons. The van der Waals surface area contributed by atoms with Gasteiger partial charge in [-0.25, -0.2) is 4.39 Å². The van der Waals surface area contributed by atoms with Crippen LogP contribution in [0.1, 0.15) is 5.56 Å². The fraction of sp³-hybridized carbons (Fsp3) is 0.200. The largest absolute Gasteiger partial charge is 0.355 e. The maximum Gasteiger partial charge on any atom is 0.230 e. The highest BCUT2D eigenvalue weighted by molar-refractivity contribution is 7.99. The molecule has 8 heteroatoms. The van der Waals surface area contributed by atoms with E-state index in [0.717, 1.165) is 11.1 Å². The lowest BCUT2D eigenvalue weighted by Crippen LogP contribution is -2.27. The molecule has 6 nitrogen and oxygen atoms in total. The number of hydrogen-bond acceptors (Lipinski definition) is 5. The number of nitrogens with zero attached hydrogens (tertiary/aromatic N) is 4. The van der Waals surface area contributed by atoms with Crippen molar-refractivity contribution in [1.29, 1.82) is 0 Å². The lowest BCUT2D eigenvalue weighted by atomic mass is 10.1. The molecule has 0 atom stereocenters. The van der Waals surface area contributed by atoms with Gasteiger partial charge in [-0.3, -0.25) is 14.3 Å². The topological polar surface area (TPSA) is 72.7 Å². The van der Waals surface area contributed by atoms with Crippen LogP contribution in [0, 0.1) is 5.82 Å². The minimum atomic E-state index is -0.265. The molecule has 1 amide bonds. The lowest BCUT2D eigenvalue weighted by Gasteiger charge is -2.08. The number of allylic oxidation sites excluding steroid dienone is 1. The van der Waals surface area contributed by atoms with Crippen molar-refractivity contribution in [2.24, 2.45) is 0 Å². The van der Waals surface area contributed by atoms with Crippen molar-refractivity contribution < 1.29 is 9.18 Å². The second kappa shape index (κ2) is 9.80. The molecule has 1 N–H and O–H groups in total. The molecule has 0 radical (unpaired) electrons. The molecular formula is C20H20FN5OS. The Morgan fingerprint density at radius 1 is 1.18 bits per heavy atom. The molecule has 0 saturated heterocycles. The highest BCUT2D eigenvalue weighted by atomic mass is 32.2. The number of pyridine rings is 1. The second-order valence-corrected chi connectivity index (χ2v) is 6.90. The summed E-state index contributed by atoms with van der Waals surface area (Å²) in [5.74, 6) is 0.584. The standard InChI is InChI=1S/C20H20FN5OS/c1-2-13-26-19(16-8-10-22-11-9-16)24-25-20(26)28-14-18(27)23-12-7-15-3-5-17(21)6-4-15/h2-6,8-11H,1,7,12-14H2,(H,23,27). The van der Waals surface area contributed by atoms with Gasteiger partial charge in [0.2, 0.25) is 5.91 Å². The summed E-state index contributed by atoms with van der Waals surface area (Å²) in [6, 6.07) is 9.99. The number of amides is 1. The minimum Gasteiger partial charge on any atom is -0.355 e. The Kier molecular flexibility index (Phi) is 6.91. The lowest BCUT2D eigenvalue weighted by molar-refractivity contribution is -0.118. The molecule has 0 fully saturated rings. The smallest absolute Gasteiger partial charge is 0.230 e. The van der Waals surface area contributed by atoms with E-state index in [2.05, 4.69) is 27.1 Å². The highest BCUT2D eigenvalue weighted by Crippen LogP contribution is 2.23. The Morgan fingerprint density at radius 2 is 1.93 bits per heavy atom. The predicted molar refractivity (Wildman–Crippen MR) is 107 cm³/mol. The average Bonchev–Trinajstić information content (AvgIpc) is 3.11. The number of carbonyl (C=O) groups excluding carboxylic acids is 1. The number of halogens is 1. The van der Waals surface area contributed by atoms with E-state index in [4.69, 9.17) is 0 Å². The maximum absolute atomic E-state index is 12.9. The van der Waals surface area contributed by atoms with Crippen molar-refractivity contribution in [2.75, 3.05) is 12.3 Å². The van der Waals surface area contributed by atoms with Gasteiger partial charge in [-0.2, -0.15) is 0 Å². The molecule has 0 saturated carbocycles. The molecular weight excluding hydrogens is 377 g/mol. The number of thioether (sulfide) groups is 1. The van der Waals surface area contributed by atoms with Crippen LogP contribution >= 0.6 is 11.8 Å². The summed E-state index contributed by atoms with van der Waals surface area (Å²) in [5, 5.41) is 12.0. The average molecular weight is 397 g/mol. The molecule has 0 aliphatic heterocycles. The van der Waals surface area contributed by atoms with Crippen LogP contribution in [0.5, 0.6) is 0 Å². The predicted octanol–water partition coefficient (Wildman–Crippen LogP) is 3.12. The first kappa shape index (κ1) is 19.8. The van der Waals surface area contributed by atoms with E-state index < -0.39 is 0 Å². The number of nitrogens with one attached hydrogen (secondary N) is 1. The fourth-order valence-electron chi connectivity index (χ4n) is 2.58. The number of rotatable bonds is 9. The van der Waals surface area contributed by atoms with E-state index in [1.54, 1.807) is 30.6 Å². The molecule has 0 spiro atoms. The van der Waals surface area contributed by atoms with Gasteiger partial charge in [-0.05, 0) is 36.2 Å². The van der Waals surface area contributed by atoms with Gasteiger partial charge in [0, 0.05) is 31.0 Å². The Balaban J connectivity index is 1.55. The molecule has 2 heterocycles. The van der Waals surface area contributed by atoms with Crippen LogP contribution in [0.2, 0.25) is 0 Å². The van der Waals surface area contributed by atoms with E-state index >= 15 is 0 Å². The van der Waals surface area contributed by atoms with Gasteiger partial charge < -0.3 is 5.32 Å². The van der Waals surface area contributed by atoms with Gasteiger partial charge in [0.15, 0.2) is 11.0 Å². The number of benzene rings is 1. The Bertz CT molecular complexity index is 928. The normalized spacial score (nSPS) is 10.6. The van der Waals surface area contributed by atoms with Gasteiger partial charge in [-0.15, -0.1) is 16.8 Å². The summed E-state index contributed by atoms with van der Waals surface area (Å²) in [4.78, 5) is 16.1. The Hall–Kier alpha value is -3.00. The molecule has 28 heavy (non-hydrogen) atoms. The van der Waals surface area contributed by atoms with Crippen molar-refractivity contribution in [2.45, 2.75) is 18.1 Å². The monoisotopic (exact) mass is 397 g/mol. The molecule has 2 aromatic heterocycles. The summed E-state index contributed by atoms with van der Waals surface area (Å²) in [7, 11) is 0. The zero-order valence-electron chi connectivity index (χ0n) is 15.2. The van der Waals surface area contributed by atoms with Gasteiger partial charge in [0.25, 0.3) is 0 Å².